The number of hydrogen-bond acceptors (Lipinski definition) is 2. The first-order valence-electron chi connectivity index (χ1n) is 9.56. The average Bonchev–Trinajstić information content (AvgIpc) is 3.13. The standard InChI is InChI=1S/C23H18ClN3O2/c24-19-10-3-1-8-16(19)18-13-25-22(14-6-5-7-15(12-14)27(28)29)23-21(18)17-9-2-4-11-20(17)26-23/h1-12,18,22,25-26H,13H2/p+1/t18-,22+/m0/s1. The second-order valence-corrected chi connectivity index (χ2v) is 7.78. The normalized spacial score (nSPS) is 18.5. The third-order valence-corrected chi connectivity index (χ3v) is 6.11. The molecule has 0 saturated carbocycles. The predicted molar refractivity (Wildman–Crippen MR) is 113 cm³/mol. The molecule has 0 spiro atoms. The monoisotopic (exact) mass is 404 g/mol. The molecule has 1 aliphatic rings. The Morgan fingerprint density at radius 1 is 1.03 bits per heavy atom. The summed E-state index contributed by atoms with van der Waals surface area (Å²) in [7, 11) is 0. The summed E-state index contributed by atoms with van der Waals surface area (Å²) in [4.78, 5) is 14.5. The van der Waals surface area contributed by atoms with Crippen molar-refractivity contribution in [3.63, 3.8) is 0 Å². The van der Waals surface area contributed by atoms with Gasteiger partial charge in [0.15, 0.2) is 6.04 Å². The first-order chi connectivity index (χ1) is 14.1. The van der Waals surface area contributed by atoms with E-state index in [0.717, 1.165) is 33.9 Å². The molecule has 2 atom stereocenters. The molecule has 6 heteroatoms. The number of halogens is 1. The van der Waals surface area contributed by atoms with Gasteiger partial charge >= 0.3 is 0 Å². The van der Waals surface area contributed by atoms with Crippen LogP contribution in [0.1, 0.15) is 34.3 Å². The first-order valence-corrected chi connectivity index (χ1v) is 9.94. The molecule has 29 heavy (non-hydrogen) atoms. The van der Waals surface area contributed by atoms with Crippen LogP contribution in [0.25, 0.3) is 10.9 Å². The number of nitro groups is 1. The van der Waals surface area contributed by atoms with Crippen molar-refractivity contribution < 1.29 is 10.2 Å². The van der Waals surface area contributed by atoms with Crippen LogP contribution < -0.4 is 5.32 Å². The lowest BCUT2D eigenvalue weighted by molar-refractivity contribution is -0.692. The van der Waals surface area contributed by atoms with Crippen LogP contribution in [-0.4, -0.2) is 16.5 Å². The highest BCUT2D eigenvalue weighted by Crippen LogP contribution is 2.41. The van der Waals surface area contributed by atoms with Crippen molar-refractivity contribution >= 4 is 28.2 Å². The molecule has 0 unspecified atom stereocenters. The van der Waals surface area contributed by atoms with Crippen LogP contribution in [0.2, 0.25) is 5.02 Å². The topological polar surface area (TPSA) is 75.5 Å². The van der Waals surface area contributed by atoms with E-state index >= 15 is 0 Å². The van der Waals surface area contributed by atoms with Gasteiger partial charge in [0.25, 0.3) is 5.69 Å². The van der Waals surface area contributed by atoms with E-state index < -0.39 is 0 Å². The van der Waals surface area contributed by atoms with E-state index in [0.29, 0.717) is 0 Å². The number of rotatable bonds is 3. The molecule has 0 bridgehead atoms. The van der Waals surface area contributed by atoms with Crippen LogP contribution in [-0.2, 0) is 0 Å². The summed E-state index contributed by atoms with van der Waals surface area (Å²) in [5.74, 6) is 0.143. The number of benzene rings is 3. The first kappa shape index (κ1) is 17.9. The van der Waals surface area contributed by atoms with Crippen molar-refractivity contribution in [2.24, 2.45) is 0 Å². The van der Waals surface area contributed by atoms with Crippen LogP contribution in [0.15, 0.2) is 72.8 Å². The SMILES string of the molecule is O=[N+]([O-])c1cccc([C@H]2[NH2+]C[C@@H](c3ccccc3Cl)c3c2[nH]c2ccccc32)c1. The van der Waals surface area contributed by atoms with Gasteiger partial charge in [-0.2, -0.15) is 0 Å². The lowest BCUT2D eigenvalue weighted by Gasteiger charge is -2.28. The van der Waals surface area contributed by atoms with Crippen LogP contribution in [0.3, 0.4) is 0 Å². The molecule has 4 aromatic rings. The van der Waals surface area contributed by atoms with E-state index in [1.54, 1.807) is 12.1 Å². The van der Waals surface area contributed by atoms with Gasteiger partial charge in [0.05, 0.1) is 23.1 Å². The van der Waals surface area contributed by atoms with Crippen molar-refractivity contribution in [1.29, 1.82) is 0 Å². The fraction of sp³-hybridized carbons (Fsp3) is 0.130. The molecule has 0 saturated heterocycles. The highest BCUT2D eigenvalue weighted by molar-refractivity contribution is 6.31. The Hall–Kier alpha value is -3.15. The molecule has 3 aromatic carbocycles. The Kier molecular flexibility index (Phi) is 4.34. The minimum absolute atomic E-state index is 0.0314. The minimum atomic E-state index is -0.342. The number of quaternary nitrogens is 1. The third kappa shape index (κ3) is 2.99. The van der Waals surface area contributed by atoms with Gasteiger partial charge in [0.1, 0.15) is 0 Å². The van der Waals surface area contributed by atoms with E-state index in [4.69, 9.17) is 11.6 Å². The Morgan fingerprint density at radius 3 is 2.66 bits per heavy atom. The Balaban J connectivity index is 1.70. The Bertz CT molecular complexity index is 1230. The Morgan fingerprint density at radius 2 is 1.83 bits per heavy atom. The van der Waals surface area contributed by atoms with E-state index in [-0.39, 0.29) is 22.6 Å². The summed E-state index contributed by atoms with van der Waals surface area (Å²) < 4.78 is 0. The maximum Gasteiger partial charge on any atom is 0.269 e. The van der Waals surface area contributed by atoms with Gasteiger partial charge < -0.3 is 10.3 Å². The number of H-pyrrole nitrogens is 1. The van der Waals surface area contributed by atoms with Crippen molar-refractivity contribution in [2.45, 2.75) is 12.0 Å². The molecule has 5 rings (SSSR count). The molecule has 0 amide bonds. The van der Waals surface area contributed by atoms with Crippen molar-refractivity contribution in [3.05, 3.63) is 110 Å². The molecule has 5 nitrogen and oxygen atoms in total. The highest BCUT2D eigenvalue weighted by atomic mass is 35.5. The van der Waals surface area contributed by atoms with E-state index in [2.05, 4.69) is 28.5 Å². The second kappa shape index (κ2) is 7.03. The minimum Gasteiger partial charge on any atom is -0.353 e. The average molecular weight is 405 g/mol. The molecular formula is C23H19ClN3O2+. The van der Waals surface area contributed by atoms with Gasteiger partial charge in [-0.25, -0.2) is 0 Å². The molecule has 0 radical (unpaired) electrons. The quantitative estimate of drug-likeness (QED) is 0.389. The number of nitrogens with two attached hydrogens (primary N) is 1. The van der Waals surface area contributed by atoms with Crippen molar-refractivity contribution in [1.82, 2.24) is 4.98 Å². The molecule has 1 aromatic heterocycles. The molecule has 1 aliphatic heterocycles. The predicted octanol–water partition coefficient (Wildman–Crippen LogP) is 4.53. The van der Waals surface area contributed by atoms with E-state index in [1.807, 2.05) is 36.4 Å². The number of fused-ring (bicyclic) bond motifs is 3. The fourth-order valence-electron chi connectivity index (χ4n) is 4.49. The van der Waals surface area contributed by atoms with Crippen LogP contribution in [0.4, 0.5) is 5.69 Å². The zero-order chi connectivity index (χ0) is 20.0. The van der Waals surface area contributed by atoms with Gasteiger partial charge in [-0.05, 0) is 17.7 Å². The number of para-hydroxylation sites is 1. The van der Waals surface area contributed by atoms with Crippen LogP contribution in [0.5, 0.6) is 0 Å². The van der Waals surface area contributed by atoms with Crippen LogP contribution in [0, 0.1) is 10.1 Å². The third-order valence-electron chi connectivity index (χ3n) is 5.76. The second-order valence-electron chi connectivity index (χ2n) is 7.37. The van der Waals surface area contributed by atoms with Gasteiger partial charge in [-0.15, -0.1) is 0 Å². The summed E-state index contributed by atoms with van der Waals surface area (Å²) in [6.45, 7) is 0.811. The zero-order valence-electron chi connectivity index (χ0n) is 15.5. The highest BCUT2D eigenvalue weighted by Gasteiger charge is 2.36. The number of aromatic nitrogens is 1. The lowest BCUT2D eigenvalue weighted by atomic mass is 9.83. The van der Waals surface area contributed by atoms with E-state index in [1.165, 1.54) is 17.0 Å². The number of nitrogens with one attached hydrogen (secondary N) is 1. The maximum atomic E-state index is 11.3. The van der Waals surface area contributed by atoms with Gasteiger partial charge in [-0.1, -0.05) is 60.1 Å². The largest absolute Gasteiger partial charge is 0.353 e. The summed E-state index contributed by atoms with van der Waals surface area (Å²) in [5, 5.41) is 15.4. The summed E-state index contributed by atoms with van der Waals surface area (Å²) in [5.41, 5.74) is 5.52. The molecule has 3 N–H and O–H groups in total. The number of aromatic amines is 1. The smallest absolute Gasteiger partial charge is 0.269 e. The lowest BCUT2D eigenvalue weighted by Crippen LogP contribution is -2.88. The summed E-state index contributed by atoms with van der Waals surface area (Å²) in [6.07, 6.45) is 0. The summed E-state index contributed by atoms with van der Waals surface area (Å²) >= 11 is 6.55. The Labute approximate surface area is 172 Å². The van der Waals surface area contributed by atoms with Gasteiger partial charge in [0.2, 0.25) is 0 Å². The summed E-state index contributed by atoms with van der Waals surface area (Å²) in [6, 6.07) is 23.1. The molecule has 0 fully saturated rings. The van der Waals surface area contributed by atoms with Crippen molar-refractivity contribution in [2.75, 3.05) is 6.54 Å². The fourth-order valence-corrected chi connectivity index (χ4v) is 4.76. The van der Waals surface area contributed by atoms with E-state index in [9.17, 15) is 10.1 Å². The molecule has 0 aliphatic carbocycles. The number of nitrogens with zero attached hydrogens (tertiary/aromatic N) is 1. The molecular weight excluding hydrogens is 386 g/mol. The number of nitro benzene ring substituents is 1. The zero-order valence-corrected chi connectivity index (χ0v) is 16.3. The maximum absolute atomic E-state index is 11.3. The van der Waals surface area contributed by atoms with Gasteiger partial charge in [-0.3, -0.25) is 10.1 Å². The van der Waals surface area contributed by atoms with Gasteiger partial charge in [0, 0.05) is 39.2 Å². The van der Waals surface area contributed by atoms with Crippen LogP contribution >= 0.6 is 11.6 Å². The molecule has 2 heterocycles. The number of non-ortho nitro benzene ring substituents is 1. The molecule has 144 valence electrons. The number of hydrogen-bond donors (Lipinski definition) is 2. The van der Waals surface area contributed by atoms with Crippen molar-refractivity contribution in [3.8, 4) is 0 Å².